The smallest absolute Gasteiger partial charge is 0.344 e. The number of fused-ring (bicyclic) bond motifs is 1. The largest absolute Gasteiger partial charge is 0.423 e. The molecule has 0 unspecified atom stereocenters. The summed E-state index contributed by atoms with van der Waals surface area (Å²) in [6, 6.07) is 27.3. The molecular weight excluding hydrogens is 424 g/mol. The molecule has 4 rings (SSSR count). The van der Waals surface area contributed by atoms with Crippen LogP contribution < -0.4 is 10.1 Å². The number of esters is 1. The molecule has 0 aliphatic rings. The monoisotopic (exact) mass is 446 g/mol. The van der Waals surface area contributed by atoms with Gasteiger partial charge < -0.3 is 10.1 Å². The third-order valence-electron chi connectivity index (χ3n) is 5.52. The Bertz CT molecular complexity index is 1470. The first-order valence-corrected chi connectivity index (χ1v) is 10.7. The summed E-state index contributed by atoms with van der Waals surface area (Å²) in [6.07, 6.45) is 1.46. The van der Waals surface area contributed by atoms with Gasteiger partial charge >= 0.3 is 5.97 Å². The van der Waals surface area contributed by atoms with Crippen LogP contribution in [0.25, 0.3) is 16.8 Å². The molecule has 0 aliphatic carbocycles. The van der Waals surface area contributed by atoms with Crippen LogP contribution in [0.2, 0.25) is 0 Å². The van der Waals surface area contributed by atoms with Gasteiger partial charge in [-0.05, 0) is 77.7 Å². The molecule has 0 heterocycles. The van der Waals surface area contributed by atoms with Crippen LogP contribution in [-0.2, 0) is 4.79 Å². The number of nitrogens with zero attached hydrogens (tertiary/aromatic N) is 1. The predicted octanol–water partition coefficient (Wildman–Crippen LogP) is 6.22. The van der Waals surface area contributed by atoms with Gasteiger partial charge in [0.05, 0.1) is 5.56 Å². The van der Waals surface area contributed by atoms with Crippen LogP contribution in [0.3, 0.4) is 0 Å². The number of carbonyl (C=O) groups excluding carboxylic acids is 2. The second-order valence-electron chi connectivity index (χ2n) is 7.91. The Balaban J connectivity index is 1.53. The topological polar surface area (TPSA) is 79.2 Å². The first kappa shape index (κ1) is 22.5. The van der Waals surface area contributed by atoms with Gasteiger partial charge in [0.15, 0.2) is 0 Å². The fraction of sp³-hybridized carbons (Fsp3) is 0.0690. The van der Waals surface area contributed by atoms with Gasteiger partial charge in [-0.25, -0.2) is 4.79 Å². The highest BCUT2D eigenvalue weighted by Gasteiger charge is 2.13. The molecule has 34 heavy (non-hydrogen) atoms. The third-order valence-corrected chi connectivity index (χ3v) is 5.52. The molecule has 4 aromatic carbocycles. The van der Waals surface area contributed by atoms with Crippen molar-refractivity contribution < 1.29 is 14.3 Å². The fourth-order valence-electron chi connectivity index (χ4n) is 3.57. The first-order valence-electron chi connectivity index (χ1n) is 10.7. The Morgan fingerprint density at radius 1 is 0.882 bits per heavy atom. The normalized spacial score (nSPS) is 11.0. The standard InChI is InChI=1S/C29H22N2O3/c1-19-13-14-24(15-20(19)2)31-28(32)23(18-30)16-21-7-5-10-25(17-21)34-29(33)27-12-6-9-22-8-3-4-11-26(22)27/h3-17H,1-2H3,(H,31,32). The molecule has 0 bridgehead atoms. The number of hydrogen-bond acceptors (Lipinski definition) is 4. The Labute approximate surface area is 197 Å². The van der Waals surface area contributed by atoms with Gasteiger partial charge in [0.1, 0.15) is 17.4 Å². The van der Waals surface area contributed by atoms with Crippen molar-refractivity contribution in [1.82, 2.24) is 0 Å². The summed E-state index contributed by atoms with van der Waals surface area (Å²) in [5, 5.41) is 14.0. The summed E-state index contributed by atoms with van der Waals surface area (Å²) < 4.78 is 5.59. The van der Waals surface area contributed by atoms with E-state index in [0.717, 1.165) is 21.9 Å². The summed E-state index contributed by atoms with van der Waals surface area (Å²) in [6.45, 7) is 3.94. The van der Waals surface area contributed by atoms with E-state index in [1.165, 1.54) is 6.08 Å². The number of carbonyl (C=O) groups is 2. The highest BCUT2D eigenvalue weighted by molar-refractivity contribution is 6.09. The molecule has 5 nitrogen and oxygen atoms in total. The van der Waals surface area contributed by atoms with E-state index in [4.69, 9.17) is 4.74 Å². The van der Waals surface area contributed by atoms with Gasteiger partial charge in [0.25, 0.3) is 5.91 Å². The van der Waals surface area contributed by atoms with Crippen molar-refractivity contribution in [3.8, 4) is 11.8 Å². The van der Waals surface area contributed by atoms with E-state index in [-0.39, 0.29) is 5.57 Å². The number of anilines is 1. The summed E-state index contributed by atoms with van der Waals surface area (Å²) in [5.41, 5.74) is 3.74. The maximum absolute atomic E-state index is 12.8. The molecule has 1 N–H and O–H groups in total. The Hall–Kier alpha value is -4.69. The SMILES string of the molecule is Cc1ccc(NC(=O)C(C#N)=Cc2cccc(OC(=O)c3cccc4ccccc34)c2)cc1C. The predicted molar refractivity (Wildman–Crippen MR) is 133 cm³/mol. The minimum absolute atomic E-state index is 0.0595. The maximum atomic E-state index is 12.8. The second-order valence-corrected chi connectivity index (χ2v) is 7.91. The lowest BCUT2D eigenvalue weighted by atomic mass is 10.0. The number of ether oxygens (including phenoxy) is 1. The Morgan fingerprint density at radius 2 is 1.65 bits per heavy atom. The lowest BCUT2D eigenvalue weighted by Gasteiger charge is -2.09. The van der Waals surface area contributed by atoms with E-state index in [9.17, 15) is 14.9 Å². The molecule has 0 saturated heterocycles. The molecule has 0 spiro atoms. The molecule has 0 atom stereocenters. The number of benzene rings is 4. The van der Waals surface area contributed by atoms with Gasteiger partial charge in [-0.1, -0.05) is 54.6 Å². The maximum Gasteiger partial charge on any atom is 0.344 e. The van der Waals surface area contributed by atoms with Crippen molar-refractivity contribution in [2.45, 2.75) is 13.8 Å². The number of amides is 1. The Morgan fingerprint density at radius 3 is 2.44 bits per heavy atom. The van der Waals surface area contributed by atoms with Crippen LogP contribution in [0.4, 0.5) is 5.69 Å². The van der Waals surface area contributed by atoms with Crippen LogP contribution in [0.1, 0.15) is 27.0 Å². The summed E-state index contributed by atoms with van der Waals surface area (Å²) >= 11 is 0. The Kier molecular flexibility index (Phi) is 6.52. The van der Waals surface area contributed by atoms with E-state index < -0.39 is 11.9 Å². The van der Waals surface area contributed by atoms with Gasteiger partial charge in [-0.3, -0.25) is 4.79 Å². The molecule has 0 fully saturated rings. The van der Waals surface area contributed by atoms with Gasteiger partial charge in [-0.2, -0.15) is 5.26 Å². The van der Waals surface area contributed by atoms with E-state index in [1.807, 2.05) is 68.4 Å². The molecular formula is C29H22N2O3. The zero-order chi connectivity index (χ0) is 24.1. The first-order chi connectivity index (χ1) is 16.4. The minimum Gasteiger partial charge on any atom is -0.423 e. The van der Waals surface area contributed by atoms with Crippen molar-refractivity contribution in [3.05, 3.63) is 113 Å². The minimum atomic E-state index is -0.510. The van der Waals surface area contributed by atoms with Crippen molar-refractivity contribution in [3.63, 3.8) is 0 Å². The molecule has 0 saturated carbocycles. The molecule has 0 aromatic heterocycles. The van der Waals surface area contributed by atoms with E-state index in [1.54, 1.807) is 36.4 Å². The van der Waals surface area contributed by atoms with Gasteiger partial charge in [0, 0.05) is 5.69 Å². The van der Waals surface area contributed by atoms with Crippen molar-refractivity contribution in [1.29, 1.82) is 5.26 Å². The molecule has 5 heteroatoms. The number of rotatable bonds is 5. The molecule has 1 amide bonds. The van der Waals surface area contributed by atoms with Crippen LogP contribution >= 0.6 is 0 Å². The van der Waals surface area contributed by atoms with Crippen molar-refractivity contribution in [2.24, 2.45) is 0 Å². The fourth-order valence-corrected chi connectivity index (χ4v) is 3.57. The summed E-state index contributed by atoms with van der Waals surface area (Å²) in [5.74, 6) is -0.673. The van der Waals surface area contributed by atoms with Crippen molar-refractivity contribution in [2.75, 3.05) is 5.32 Å². The average molecular weight is 447 g/mol. The molecule has 0 radical (unpaired) electrons. The van der Waals surface area contributed by atoms with Crippen LogP contribution in [0, 0.1) is 25.2 Å². The van der Waals surface area contributed by atoms with Crippen molar-refractivity contribution >= 4 is 34.4 Å². The number of hydrogen-bond donors (Lipinski definition) is 1. The lowest BCUT2D eigenvalue weighted by Crippen LogP contribution is -2.13. The zero-order valence-electron chi connectivity index (χ0n) is 18.8. The highest BCUT2D eigenvalue weighted by Crippen LogP contribution is 2.22. The van der Waals surface area contributed by atoms with E-state index >= 15 is 0 Å². The second kappa shape index (κ2) is 9.85. The van der Waals surface area contributed by atoms with Crippen LogP contribution in [0.5, 0.6) is 5.75 Å². The average Bonchev–Trinajstić information content (AvgIpc) is 2.84. The van der Waals surface area contributed by atoms with E-state index in [2.05, 4.69) is 5.32 Å². The highest BCUT2D eigenvalue weighted by atomic mass is 16.5. The van der Waals surface area contributed by atoms with Crippen LogP contribution in [-0.4, -0.2) is 11.9 Å². The number of aryl methyl sites for hydroxylation is 2. The van der Waals surface area contributed by atoms with Gasteiger partial charge in [0.2, 0.25) is 0 Å². The third kappa shape index (κ3) is 5.03. The number of nitrogens with one attached hydrogen (secondary N) is 1. The molecule has 166 valence electrons. The lowest BCUT2D eigenvalue weighted by molar-refractivity contribution is -0.112. The summed E-state index contributed by atoms with van der Waals surface area (Å²) in [7, 11) is 0. The quantitative estimate of drug-likeness (QED) is 0.171. The number of nitriles is 1. The summed E-state index contributed by atoms with van der Waals surface area (Å²) in [4.78, 5) is 25.5. The van der Waals surface area contributed by atoms with Gasteiger partial charge in [-0.15, -0.1) is 0 Å². The van der Waals surface area contributed by atoms with E-state index in [0.29, 0.717) is 22.6 Å². The molecule has 4 aromatic rings. The van der Waals surface area contributed by atoms with Crippen LogP contribution in [0.15, 0.2) is 90.5 Å². The molecule has 0 aliphatic heterocycles. The zero-order valence-corrected chi connectivity index (χ0v) is 18.8.